The van der Waals surface area contributed by atoms with Gasteiger partial charge in [-0.15, -0.1) is 0 Å². The number of nitrogens with one attached hydrogen (secondary N) is 1. The van der Waals surface area contributed by atoms with Crippen LogP contribution in [0.3, 0.4) is 0 Å². The lowest BCUT2D eigenvalue weighted by molar-refractivity contribution is 0.0945. The van der Waals surface area contributed by atoms with Crippen LogP contribution in [0.5, 0.6) is 0 Å². The first-order valence-electron chi connectivity index (χ1n) is 5.47. The molecule has 86 valence electrons. The van der Waals surface area contributed by atoms with Crippen molar-refractivity contribution in [2.45, 2.75) is 33.2 Å². The highest BCUT2D eigenvalue weighted by molar-refractivity contribution is 9.10. The van der Waals surface area contributed by atoms with Crippen molar-refractivity contribution in [1.29, 1.82) is 0 Å². The maximum atomic E-state index is 12.0. The maximum Gasteiger partial charge on any atom is 0.252 e. The minimum absolute atomic E-state index is 0.0162. The lowest BCUT2D eigenvalue weighted by atomic mass is 10.1. The highest BCUT2D eigenvalue weighted by Crippen LogP contribution is 2.44. The summed E-state index contributed by atoms with van der Waals surface area (Å²) in [5.41, 5.74) is 2.13. The van der Waals surface area contributed by atoms with Gasteiger partial charge in [0.05, 0.1) is 5.56 Å². The number of hydrogen-bond acceptors (Lipinski definition) is 1. The number of benzene rings is 1. The van der Waals surface area contributed by atoms with E-state index >= 15 is 0 Å². The SMILES string of the molecule is Cc1ccc(C(=O)NC2CC2(C)C)c(Br)c1. The third kappa shape index (κ3) is 2.29. The predicted molar refractivity (Wildman–Crippen MR) is 68.5 cm³/mol. The van der Waals surface area contributed by atoms with Crippen molar-refractivity contribution in [2.24, 2.45) is 5.41 Å². The Bertz CT molecular complexity index is 440. The van der Waals surface area contributed by atoms with Gasteiger partial charge in [0.1, 0.15) is 0 Å². The zero-order valence-corrected chi connectivity index (χ0v) is 11.4. The first-order chi connectivity index (χ1) is 7.40. The molecule has 1 N–H and O–H groups in total. The van der Waals surface area contributed by atoms with Gasteiger partial charge in [-0.1, -0.05) is 19.9 Å². The van der Waals surface area contributed by atoms with Crippen molar-refractivity contribution in [3.63, 3.8) is 0 Å². The van der Waals surface area contributed by atoms with Gasteiger partial charge in [-0.05, 0) is 52.4 Å². The summed E-state index contributed by atoms with van der Waals surface area (Å²) in [5.74, 6) is 0.0162. The Kier molecular flexibility index (Phi) is 2.82. The standard InChI is InChI=1S/C13H16BrNO/c1-8-4-5-9(10(14)6-8)12(16)15-11-7-13(11,2)3/h4-6,11H,7H2,1-3H3,(H,15,16). The number of hydrogen-bond donors (Lipinski definition) is 1. The molecular formula is C13H16BrNO. The van der Waals surface area contributed by atoms with Crippen LogP contribution in [0.1, 0.15) is 36.2 Å². The summed E-state index contributed by atoms with van der Waals surface area (Å²) < 4.78 is 0.864. The molecule has 0 bridgehead atoms. The van der Waals surface area contributed by atoms with Crippen LogP contribution in [0.4, 0.5) is 0 Å². The van der Waals surface area contributed by atoms with E-state index in [1.54, 1.807) is 0 Å². The van der Waals surface area contributed by atoms with E-state index in [9.17, 15) is 4.79 Å². The van der Waals surface area contributed by atoms with Crippen molar-refractivity contribution in [1.82, 2.24) is 5.32 Å². The Labute approximate surface area is 105 Å². The largest absolute Gasteiger partial charge is 0.349 e. The highest BCUT2D eigenvalue weighted by atomic mass is 79.9. The molecule has 2 nitrogen and oxygen atoms in total. The van der Waals surface area contributed by atoms with E-state index in [1.807, 2.05) is 25.1 Å². The predicted octanol–water partition coefficient (Wildman–Crippen LogP) is 3.29. The average molecular weight is 282 g/mol. The number of amides is 1. The lowest BCUT2D eigenvalue weighted by Gasteiger charge is -2.08. The molecule has 0 saturated heterocycles. The molecule has 2 rings (SSSR count). The second-order valence-electron chi connectivity index (χ2n) is 5.20. The Morgan fingerprint density at radius 3 is 2.62 bits per heavy atom. The summed E-state index contributed by atoms with van der Waals surface area (Å²) in [6, 6.07) is 6.11. The third-order valence-corrected chi connectivity index (χ3v) is 3.84. The first-order valence-corrected chi connectivity index (χ1v) is 6.26. The van der Waals surface area contributed by atoms with E-state index in [1.165, 1.54) is 0 Å². The zero-order chi connectivity index (χ0) is 11.9. The van der Waals surface area contributed by atoms with Gasteiger partial charge in [-0.25, -0.2) is 0 Å². The smallest absolute Gasteiger partial charge is 0.252 e. The van der Waals surface area contributed by atoms with Gasteiger partial charge < -0.3 is 5.32 Å². The Morgan fingerprint density at radius 1 is 1.50 bits per heavy atom. The molecule has 1 unspecified atom stereocenters. The maximum absolute atomic E-state index is 12.0. The summed E-state index contributed by atoms with van der Waals surface area (Å²) in [6.07, 6.45) is 1.07. The van der Waals surface area contributed by atoms with Gasteiger partial charge >= 0.3 is 0 Å². The molecule has 0 aromatic heterocycles. The van der Waals surface area contributed by atoms with E-state index in [0.717, 1.165) is 16.5 Å². The molecule has 1 saturated carbocycles. The van der Waals surface area contributed by atoms with Gasteiger partial charge in [0.15, 0.2) is 0 Å². The third-order valence-electron chi connectivity index (χ3n) is 3.19. The van der Waals surface area contributed by atoms with E-state index < -0.39 is 0 Å². The highest BCUT2D eigenvalue weighted by Gasteiger charge is 2.46. The van der Waals surface area contributed by atoms with Crippen LogP contribution in [0.2, 0.25) is 0 Å². The van der Waals surface area contributed by atoms with Crippen LogP contribution in [-0.2, 0) is 0 Å². The minimum atomic E-state index is 0.0162. The number of rotatable bonds is 2. The van der Waals surface area contributed by atoms with Crippen molar-refractivity contribution in [3.05, 3.63) is 33.8 Å². The van der Waals surface area contributed by atoms with E-state index in [2.05, 4.69) is 35.1 Å². The average Bonchev–Trinajstić information content (AvgIpc) is 2.72. The van der Waals surface area contributed by atoms with Gasteiger partial charge in [-0.2, -0.15) is 0 Å². The number of carbonyl (C=O) groups is 1. The van der Waals surface area contributed by atoms with Crippen molar-refractivity contribution in [2.75, 3.05) is 0 Å². The normalized spacial score (nSPS) is 21.6. The van der Waals surface area contributed by atoms with Crippen LogP contribution in [0, 0.1) is 12.3 Å². The van der Waals surface area contributed by atoms with Gasteiger partial charge in [0.2, 0.25) is 0 Å². The first kappa shape index (κ1) is 11.6. The monoisotopic (exact) mass is 281 g/mol. The molecule has 3 heteroatoms. The molecule has 0 spiro atoms. The van der Waals surface area contributed by atoms with Gasteiger partial charge in [0, 0.05) is 10.5 Å². The van der Waals surface area contributed by atoms with E-state index in [-0.39, 0.29) is 11.3 Å². The molecule has 1 fully saturated rings. The number of halogens is 1. The van der Waals surface area contributed by atoms with Crippen LogP contribution in [0.25, 0.3) is 0 Å². The topological polar surface area (TPSA) is 29.1 Å². The fraction of sp³-hybridized carbons (Fsp3) is 0.462. The fourth-order valence-electron chi connectivity index (χ4n) is 1.75. The molecule has 0 heterocycles. The van der Waals surface area contributed by atoms with E-state index in [4.69, 9.17) is 0 Å². The molecule has 1 aromatic carbocycles. The molecule has 16 heavy (non-hydrogen) atoms. The van der Waals surface area contributed by atoms with Gasteiger partial charge in [0.25, 0.3) is 5.91 Å². The lowest BCUT2D eigenvalue weighted by Crippen LogP contribution is -2.28. The Balaban J connectivity index is 2.10. The summed E-state index contributed by atoms with van der Waals surface area (Å²) in [7, 11) is 0. The minimum Gasteiger partial charge on any atom is -0.349 e. The molecule has 1 aromatic rings. The molecular weight excluding hydrogens is 266 g/mol. The molecule has 0 radical (unpaired) electrons. The Hall–Kier alpha value is -0.830. The molecule has 1 aliphatic rings. The molecule has 1 atom stereocenters. The second-order valence-corrected chi connectivity index (χ2v) is 6.06. The Morgan fingerprint density at radius 2 is 2.12 bits per heavy atom. The van der Waals surface area contributed by atoms with Crippen molar-refractivity contribution in [3.8, 4) is 0 Å². The van der Waals surface area contributed by atoms with Crippen molar-refractivity contribution >= 4 is 21.8 Å². The van der Waals surface area contributed by atoms with Crippen LogP contribution in [-0.4, -0.2) is 11.9 Å². The molecule has 1 aliphatic carbocycles. The number of aryl methyl sites for hydroxylation is 1. The summed E-state index contributed by atoms with van der Waals surface area (Å²) in [5, 5.41) is 3.05. The van der Waals surface area contributed by atoms with Crippen LogP contribution < -0.4 is 5.32 Å². The summed E-state index contributed by atoms with van der Waals surface area (Å²) in [6.45, 7) is 6.35. The summed E-state index contributed by atoms with van der Waals surface area (Å²) in [4.78, 5) is 12.0. The zero-order valence-electron chi connectivity index (χ0n) is 9.80. The fourth-order valence-corrected chi connectivity index (χ4v) is 2.43. The van der Waals surface area contributed by atoms with Crippen molar-refractivity contribution < 1.29 is 4.79 Å². The van der Waals surface area contributed by atoms with Gasteiger partial charge in [-0.3, -0.25) is 4.79 Å². The van der Waals surface area contributed by atoms with Crippen LogP contribution >= 0.6 is 15.9 Å². The molecule has 0 aliphatic heterocycles. The molecule has 1 amide bonds. The van der Waals surface area contributed by atoms with Crippen LogP contribution in [0.15, 0.2) is 22.7 Å². The summed E-state index contributed by atoms with van der Waals surface area (Å²) >= 11 is 3.43. The number of carbonyl (C=O) groups excluding carboxylic acids is 1. The second kappa shape index (κ2) is 3.88. The quantitative estimate of drug-likeness (QED) is 0.886. The van der Waals surface area contributed by atoms with E-state index in [0.29, 0.717) is 11.6 Å².